The lowest BCUT2D eigenvalue weighted by atomic mass is 10.1. The summed E-state index contributed by atoms with van der Waals surface area (Å²) in [6.45, 7) is 7.05. The molecule has 0 aliphatic carbocycles. The molecule has 1 saturated heterocycles. The molecule has 1 aromatic heterocycles. The van der Waals surface area contributed by atoms with Crippen molar-refractivity contribution in [3.8, 4) is 0 Å². The highest BCUT2D eigenvalue weighted by Gasteiger charge is 2.34. The Labute approximate surface area is 118 Å². The van der Waals surface area contributed by atoms with Crippen LogP contribution in [0.4, 0.5) is 0 Å². The van der Waals surface area contributed by atoms with Crippen molar-refractivity contribution in [1.29, 1.82) is 0 Å². The third-order valence-corrected chi connectivity index (χ3v) is 4.09. The third kappa shape index (κ3) is 2.49. The smallest absolute Gasteiger partial charge is 0.223 e. The maximum Gasteiger partial charge on any atom is 0.223 e. The Morgan fingerprint density at radius 2 is 2.25 bits per heavy atom. The minimum atomic E-state index is 0.00673. The molecule has 1 aliphatic heterocycles. The van der Waals surface area contributed by atoms with Crippen LogP contribution in [0.15, 0.2) is 5.11 Å². The molecule has 1 fully saturated rings. The summed E-state index contributed by atoms with van der Waals surface area (Å²) < 4.78 is 1.85. The third-order valence-electron chi connectivity index (χ3n) is 4.09. The van der Waals surface area contributed by atoms with Crippen LogP contribution in [0, 0.1) is 19.8 Å². The molecule has 2 unspecified atom stereocenters. The highest BCUT2D eigenvalue weighted by molar-refractivity contribution is 5.79. The average molecular weight is 276 g/mol. The van der Waals surface area contributed by atoms with E-state index in [-0.39, 0.29) is 17.9 Å². The Morgan fingerprint density at radius 1 is 1.55 bits per heavy atom. The van der Waals surface area contributed by atoms with E-state index in [1.165, 1.54) is 0 Å². The number of aromatic nitrogens is 2. The summed E-state index contributed by atoms with van der Waals surface area (Å²) in [5.41, 5.74) is 11.5. The standard InChI is InChI=1S/C13H20N6O/c1-8-13(9(2)18(4)16-8)10(3)19-7-11(5-12(19)20)6-15-17-14/h10-11H,5-7H2,1-4H3. The first-order valence-electron chi connectivity index (χ1n) is 6.76. The first kappa shape index (κ1) is 14.4. The van der Waals surface area contributed by atoms with Crippen LogP contribution in [0.25, 0.3) is 10.4 Å². The van der Waals surface area contributed by atoms with Crippen molar-refractivity contribution in [2.45, 2.75) is 33.2 Å². The van der Waals surface area contributed by atoms with E-state index in [0.29, 0.717) is 19.5 Å². The minimum absolute atomic E-state index is 0.00673. The number of rotatable bonds is 4. The predicted octanol–water partition coefficient (Wildman–Crippen LogP) is 2.26. The Balaban J connectivity index is 2.19. The first-order valence-corrected chi connectivity index (χ1v) is 6.76. The number of likely N-dealkylation sites (tertiary alicyclic amines) is 1. The van der Waals surface area contributed by atoms with Crippen LogP contribution in [-0.2, 0) is 11.8 Å². The number of azide groups is 1. The molecule has 108 valence electrons. The lowest BCUT2D eigenvalue weighted by Crippen LogP contribution is -2.29. The molecular weight excluding hydrogens is 256 g/mol. The molecule has 2 heterocycles. The van der Waals surface area contributed by atoms with E-state index >= 15 is 0 Å². The van der Waals surface area contributed by atoms with Gasteiger partial charge in [0.15, 0.2) is 0 Å². The highest BCUT2D eigenvalue weighted by Crippen LogP contribution is 2.31. The minimum Gasteiger partial charge on any atom is -0.335 e. The monoisotopic (exact) mass is 276 g/mol. The van der Waals surface area contributed by atoms with Crippen molar-refractivity contribution < 1.29 is 4.79 Å². The molecule has 0 aromatic carbocycles. The van der Waals surface area contributed by atoms with Crippen LogP contribution in [0.5, 0.6) is 0 Å². The van der Waals surface area contributed by atoms with Crippen LogP contribution in [0.2, 0.25) is 0 Å². The molecule has 0 N–H and O–H groups in total. The molecular formula is C13H20N6O. The zero-order valence-corrected chi connectivity index (χ0v) is 12.4. The molecule has 2 rings (SSSR count). The fourth-order valence-electron chi connectivity index (χ4n) is 3.01. The number of carbonyl (C=O) groups is 1. The van der Waals surface area contributed by atoms with Gasteiger partial charge < -0.3 is 4.90 Å². The van der Waals surface area contributed by atoms with Crippen LogP contribution < -0.4 is 0 Å². The Kier molecular flexibility index (Phi) is 3.99. The van der Waals surface area contributed by atoms with E-state index in [1.807, 2.05) is 37.4 Å². The zero-order valence-electron chi connectivity index (χ0n) is 12.4. The molecule has 0 radical (unpaired) electrons. The van der Waals surface area contributed by atoms with Gasteiger partial charge in [-0.1, -0.05) is 5.11 Å². The van der Waals surface area contributed by atoms with Gasteiger partial charge in [0.05, 0.1) is 11.7 Å². The molecule has 7 nitrogen and oxygen atoms in total. The van der Waals surface area contributed by atoms with Crippen LogP contribution >= 0.6 is 0 Å². The summed E-state index contributed by atoms with van der Waals surface area (Å²) in [5.74, 6) is 0.247. The Hall–Kier alpha value is -2.01. The van der Waals surface area contributed by atoms with Crippen molar-refractivity contribution in [2.24, 2.45) is 18.1 Å². The molecule has 1 aromatic rings. The van der Waals surface area contributed by atoms with E-state index < -0.39 is 0 Å². The van der Waals surface area contributed by atoms with E-state index in [4.69, 9.17) is 5.53 Å². The molecule has 1 aliphatic rings. The molecule has 1 amide bonds. The van der Waals surface area contributed by atoms with Gasteiger partial charge in [0.25, 0.3) is 0 Å². The number of hydrogen-bond acceptors (Lipinski definition) is 3. The van der Waals surface area contributed by atoms with E-state index in [0.717, 1.165) is 17.0 Å². The second-order valence-electron chi connectivity index (χ2n) is 5.41. The summed E-state index contributed by atoms with van der Waals surface area (Å²) in [4.78, 5) is 16.8. The van der Waals surface area contributed by atoms with Gasteiger partial charge in [-0.3, -0.25) is 9.48 Å². The van der Waals surface area contributed by atoms with Gasteiger partial charge in [-0.05, 0) is 32.2 Å². The maximum absolute atomic E-state index is 12.2. The van der Waals surface area contributed by atoms with Crippen LogP contribution in [-0.4, -0.2) is 33.7 Å². The van der Waals surface area contributed by atoms with Crippen molar-refractivity contribution >= 4 is 5.91 Å². The highest BCUT2D eigenvalue weighted by atomic mass is 16.2. The quantitative estimate of drug-likeness (QED) is 0.479. The lowest BCUT2D eigenvalue weighted by Gasteiger charge is -2.25. The van der Waals surface area contributed by atoms with Crippen molar-refractivity contribution in [3.63, 3.8) is 0 Å². The Morgan fingerprint density at radius 3 is 2.80 bits per heavy atom. The summed E-state index contributed by atoms with van der Waals surface area (Å²) in [6.07, 6.45) is 0.460. The molecule has 2 atom stereocenters. The largest absolute Gasteiger partial charge is 0.335 e. The van der Waals surface area contributed by atoms with Crippen LogP contribution in [0.1, 0.15) is 36.3 Å². The van der Waals surface area contributed by atoms with Crippen molar-refractivity contribution in [1.82, 2.24) is 14.7 Å². The topological polar surface area (TPSA) is 86.9 Å². The predicted molar refractivity (Wildman–Crippen MR) is 74.9 cm³/mol. The first-order chi connectivity index (χ1) is 9.45. The van der Waals surface area contributed by atoms with E-state index in [1.54, 1.807) is 0 Å². The van der Waals surface area contributed by atoms with Gasteiger partial charge in [0.2, 0.25) is 5.91 Å². The Bertz CT molecular complexity index is 572. The van der Waals surface area contributed by atoms with Crippen LogP contribution in [0.3, 0.4) is 0 Å². The fourth-order valence-corrected chi connectivity index (χ4v) is 3.01. The molecule has 7 heteroatoms. The zero-order chi connectivity index (χ0) is 14.9. The van der Waals surface area contributed by atoms with Gasteiger partial charge in [0, 0.05) is 42.7 Å². The van der Waals surface area contributed by atoms with Gasteiger partial charge in [0.1, 0.15) is 0 Å². The molecule has 0 bridgehead atoms. The number of nitrogens with zero attached hydrogens (tertiary/aromatic N) is 6. The molecule has 20 heavy (non-hydrogen) atoms. The number of hydrogen-bond donors (Lipinski definition) is 0. The SMILES string of the molecule is Cc1nn(C)c(C)c1C(C)N1CC(CN=[N+]=[N-])CC1=O. The number of amides is 1. The summed E-state index contributed by atoms with van der Waals surface area (Å²) in [5, 5.41) is 7.99. The number of aryl methyl sites for hydroxylation is 2. The average Bonchev–Trinajstić information content (AvgIpc) is 2.88. The summed E-state index contributed by atoms with van der Waals surface area (Å²) in [7, 11) is 1.91. The number of carbonyl (C=O) groups excluding carboxylic acids is 1. The summed E-state index contributed by atoms with van der Waals surface area (Å²) in [6, 6.07) is 0.00673. The maximum atomic E-state index is 12.2. The second-order valence-corrected chi connectivity index (χ2v) is 5.41. The van der Waals surface area contributed by atoms with Crippen molar-refractivity contribution in [2.75, 3.05) is 13.1 Å². The second kappa shape index (κ2) is 5.54. The molecule has 0 spiro atoms. The normalized spacial score (nSPS) is 20.1. The fraction of sp³-hybridized carbons (Fsp3) is 0.692. The van der Waals surface area contributed by atoms with Gasteiger partial charge >= 0.3 is 0 Å². The van der Waals surface area contributed by atoms with Gasteiger partial charge in [-0.25, -0.2) is 0 Å². The van der Waals surface area contributed by atoms with E-state index in [9.17, 15) is 4.79 Å². The molecule has 0 saturated carbocycles. The summed E-state index contributed by atoms with van der Waals surface area (Å²) >= 11 is 0. The van der Waals surface area contributed by atoms with Crippen molar-refractivity contribution in [3.05, 3.63) is 27.4 Å². The van der Waals surface area contributed by atoms with E-state index in [2.05, 4.69) is 15.1 Å². The van der Waals surface area contributed by atoms with Gasteiger partial charge in [-0.2, -0.15) is 5.10 Å². The van der Waals surface area contributed by atoms with Gasteiger partial charge in [-0.15, -0.1) is 0 Å². The lowest BCUT2D eigenvalue weighted by molar-refractivity contribution is -0.129.